The normalized spacial score (nSPS) is 15.0. The van der Waals surface area contributed by atoms with Crippen LogP contribution in [0.2, 0.25) is 0 Å². The van der Waals surface area contributed by atoms with Crippen molar-refractivity contribution in [2.75, 3.05) is 20.8 Å². The molecule has 0 N–H and O–H groups in total. The summed E-state index contributed by atoms with van der Waals surface area (Å²) in [6, 6.07) is 23.6. The Hall–Kier alpha value is -4.43. The van der Waals surface area contributed by atoms with Gasteiger partial charge in [0.2, 0.25) is 0 Å². The van der Waals surface area contributed by atoms with Gasteiger partial charge in [-0.15, -0.1) is 0 Å². The zero-order chi connectivity index (χ0) is 26.6. The molecule has 0 radical (unpaired) electrons. The predicted octanol–water partition coefficient (Wildman–Crippen LogP) is 3.95. The molecule has 0 saturated carbocycles. The summed E-state index contributed by atoms with van der Waals surface area (Å²) in [4.78, 5) is 32.7. The van der Waals surface area contributed by atoms with E-state index in [-0.39, 0.29) is 12.2 Å². The molecule has 0 saturated heterocycles. The maximum atomic E-state index is 13.9. The number of carbonyl (C=O) groups is 1. The van der Waals surface area contributed by atoms with Crippen LogP contribution in [-0.2, 0) is 9.53 Å². The molecule has 0 amide bonds. The van der Waals surface area contributed by atoms with E-state index in [1.807, 2.05) is 84.9 Å². The number of rotatable bonds is 7. The lowest BCUT2D eigenvalue weighted by molar-refractivity contribution is -0.138. The maximum absolute atomic E-state index is 13.9. The minimum atomic E-state index is -0.732. The molecule has 5 rings (SSSR count). The molecule has 192 valence electrons. The van der Waals surface area contributed by atoms with Gasteiger partial charge in [0.1, 0.15) is 11.5 Å². The average molecular weight is 527 g/mol. The van der Waals surface area contributed by atoms with Gasteiger partial charge in [0.15, 0.2) is 4.80 Å². The molecule has 1 unspecified atom stereocenters. The van der Waals surface area contributed by atoms with E-state index in [2.05, 4.69) is 0 Å². The summed E-state index contributed by atoms with van der Waals surface area (Å²) in [5, 5.41) is 0. The monoisotopic (exact) mass is 526 g/mol. The average Bonchev–Trinajstić information content (AvgIpc) is 3.27. The first kappa shape index (κ1) is 25.2. The number of nitrogens with zero attached hydrogens (tertiary/aromatic N) is 2. The van der Waals surface area contributed by atoms with Gasteiger partial charge >= 0.3 is 5.97 Å². The van der Waals surface area contributed by atoms with Crippen molar-refractivity contribution < 1.29 is 19.0 Å². The number of hydrogen-bond donors (Lipinski definition) is 0. The number of aromatic nitrogens is 1. The van der Waals surface area contributed by atoms with Gasteiger partial charge in [-0.1, -0.05) is 65.9 Å². The van der Waals surface area contributed by atoms with E-state index >= 15 is 0 Å². The first-order valence-electron chi connectivity index (χ1n) is 12.1. The molecule has 1 aliphatic heterocycles. The molecular weight excluding hydrogens is 500 g/mol. The third-order valence-corrected chi connectivity index (χ3v) is 7.20. The minimum Gasteiger partial charge on any atom is -0.497 e. The van der Waals surface area contributed by atoms with Crippen LogP contribution in [0.4, 0.5) is 0 Å². The zero-order valence-corrected chi connectivity index (χ0v) is 22.0. The Labute approximate surface area is 223 Å². The fourth-order valence-electron chi connectivity index (χ4n) is 4.39. The van der Waals surface area contributed by atoms with E-state index in [1.54, 1.807) is 25.7 Å². The molecular formula is C30H26N2O5S. The van der Waals surface area contributed by atoms with Gasteiger partial charge in [0.25, 0.3) is 5.56 Å². The van der Waals surface area contributed by atoms with Crippen LogP contribution in [0, 0.1) is 0 Å². The molecule has 0 fully saturated rings. The van der Waals surface area contributed by atoms with E-state index in [1.165, 1.54) is 11.3 Å². The van der Waals surface area contributed by atoms with Crippen LogP contribution in [0.1, 0.15) is 29.7 Å². The van der Waals surface area contributed by atoms with E-state index in [0.29, 0.717) is 26.4 Å². The lowest BCUT2D eigenvalue weighted by Gasteiger charge is -2.26. The number of ether oxygens (including phenoxy) is 3. The number of carbonyl (C=O) groups excluding carboxylic acids is 1. The van der Waals surface area contributed by atoms with Gasteiger partial charge in [0.05, 0.1) is 42.7 Å². The summed E-state index contributed by atoms with van der Waals surface area (Å²) in [5.41, 5.74) is 2.93. The Morgan fingerprint density at radius 1 is 0.947 bits per heavy atom. The van der Waals surface area contributed by atoms with Crippen molar-refractivity contribution in [3.63, 3.8) is 0 Å². The molecule has 0 aliphatic carbocycles. The largest absolute Gasteiger partial charge is 0.497 e. The number of methoxy groups -OCH3 is 2. The van der Waals surface area contributed by atoms with Crippen molar-refractivity contribution in [3.8, 4) is 11.5 Å². The van der Waals surface area contributed by atoms with E-state index < -0.39 is 12.0 Å². The number of fused-ring (bicyclic) bond motifs is 1. The minimum absolute atomic E-state index is 0.196. The molecule has 1 aromatic heterocycles. The van der Waals surface area contributed by atoms with Crippen LogP contribution in [0.25, 0.3) is 11.8 Å². The van der Waals surface area contributed by atoms with Crippen LogP contribution in [0.3, 0.4) is 0 Å². The summed E-state index contributed by atoms with van der Waals surface area (Å²) in [5.74, 6) is 0.890. The lowest BCUT2D eigenvalue weighted by Crippen LogP contribution is -2.40. The fraction of sp³-hybridized carbons (Fsp3) is 0.167. The van der Waals surface area contributed by atoms with E-state index in [4.69, 9.17) is 19.2 Å². The van der Waals surface area contributed by atoms with E-state index in [0.717, 1.165) is 22.4 Å². The van der Waals surface area contributed by atoms with Gasteiger partial charge in [-0.3, -0.25) is 9.36 Å². The van der Waals surface area contributed by atoms with Crippen LogP contribution in [0.5, 0.6) is 11.5 Å². The first-order valence-corrected chi connectivity index (χ1v) is 12.9. The Kier molecular flexibility index (Phi) is 7.24. The molecule has 1 aliphatic rings. The second kappa shape index (κ2) is 10.9. The quantitative estimate of drug-likeness (QED) is 0.341. The highest BCUT2D eigenvalue weighted by molar-refractivity contribution is 7.07. The van der Waals surface area contributed by atoms with Crippen molar-refractivity contribution in [3.05, 3.63) is 121 Å². The predicted molar refractivity (Wildman–Crippen MR) is 147 cm³/mol. The van der Waals surface area contributed by atoms with Gasteiger partial charge in [0, 0.05) is 5.56 Å². The lowest BCUT2D eigenvalue weighted by atomic mass is 9.93. The van der Waals surface area contributed by atoms with E-state index in [9.17, 15) is 9.59 Å². The molecule has 4 aromatic rings. The summed E-state index contributed by atoms with van der Waals surface area (Å²) in [7, 11) is 3.20. The highest BCUT2D eigenvalue weighted by Crippen LogP contribution is 2.35. The summed E-state index contributed by atoms with van der Waals surface area (Å²) < 4.78 is 18.2. The maximum Gasteiger partial charge on any atom is 0.338 e. The number of benzene rings is 3. The molecule has 38 heavy (non-hydrogen) atoms. The number of thiazole rings is 1. The molecule has 0 bridgehead atoms. The second-order valence-electron chi connectivity index (χ2n) is 8.48. The van der Waals surface area contributed by atoms with Crippen LogP contribution in [0.15, 0.2) is 94.2 Å². The third-order valence-electron chi connectivity index (χ3n) is 6.22. The fourth-order valence-corrected chi connectivity index (χ4v) is 5.39. The highest BCUT2D eigenvalue weighted by Gasteiger charge is 2.35. The van der Waals surface area contributed by atoms with Gasteiger partial charge in [-0.25, -0.2) is 9.79 Å². The first-order chi connectivity index (χ1) is 18.5. The Bertz CT molecular complexity index is 1670. The number of hydrogen-bond acceptors (Lipinski definition) is 7. The van der Waals surface area contributed by atoms with Crippen molar-refractivity contribution in [2.24, 2.45) is 4.99 Å². The molecule has 8 heteroatoms. The molecule has 3 aromatic carbocycles. The SMILES string of the molecule is CCOC(=O)C1=C(c2ccccc2)N=c2s/c(=C/c3ccc(OC)cc3)c(=O)n2C1c1ccc(OC)cc1. The van der Waals surface area contributed by atoms with Crippen LogP contribution >= 0.6 is 11.3 Å². The summed E-state index contributed by atoms with van der Waals surface area (Å²) in [6.07, 6.45) is 1.82. The smallest absolute Gasteiger partial charge is 0.338 e. The van der Waals surface area contributed by atoms with Gasteiger partial charge in [-0.2, -0.15) is 0 Å². The van der Waals surface area contributed by atoms with Crippen molar-refractivity contribution in [1.82, 2.24) is 4.57 Å². The second-order valence-corrected chi connectivity index (χ2v) is 9.49. The molecule has 0 spiro atoms. The van der Waals surface area contributed by atoms with Crippen LogP contribution < -0.4 is 24.4 Å². The van der Waals surface area contributed by atoms with Crippen molar-refractivity contribution in [1.29, 1.82) is 0 Å². The standard InChI is InChI=1S/C30H26N2O5S/c1-4-37-29(34)25-26(20-8-6-5-7-9-20)31-30-32(27(25)21-12-16-23(36-3)17-13-21)28(33)24(38-30)18-19-10-14-22(35-2)15-11-19/h5-18,27H,4H2,1-3H3/b24-18+. The Morgan fingerprint density at radius 3 is 2.18 bits per heavy atom. The van der Waals surface area contributed by atoms with Crippen LogP contribution in [-0.4, -0.2) is 31.4 Å². The topological polar surface area (TPSA) is 79.1 Å². The van der Waals surface area contributed by atoms with Gasteiger partial charge < -0.3 is 14.2 Å². The Morgan fingerprint density at radius 2 is 1.58 bits per heavy atom. The van der Waals surface area contributed by atoms with Crippen molar-refractivity contribution in [2.45, 2.75) is 13.0 Å². The molecule has 1 atom stereocenters. The summed E-state index contributed by atoms with van der Waals surface area (Å²) in [6.45, 7) is 1.95. The molecule has 2 heterocycles. The third kappa shape index (κ3) is 4.78. The van der Waals surface area contributed by atoms with Crippen molar-refractivity contribution >= 4 is 29.1 Å². The van der Waals surface area contributed by atoms with Gasteiger partial charge in [-0.05, 0) is 48.4 Å². The number of esters is 1. The Balaban J connectivity index is 1.79. The zero-order valence-electron chi connectivity index (χ0n) is 21.2. The molecule has 7 nitrogen and oxygen atoms in total. The highest BCUT2D eigenvalue weighted by atomic mass is 32.1. The summed E-state index contributed by atoms with van der Waals surface area (Å²) >= 11 is 1.28.